The van der Waals surface area contributed by atoms with E-state index in [0.29, 0.717) is 13.0 Å². The molecular weight excluding hydrogens is 316 g/mol. The van der Waals surface area contributed by atoms with Gasteiger partial charge in [0.15, 0.2) is 0 Å². The zero-order chi connectivity index (χ0) is 17.8. The van der Waals surface area contributed by atoms with Gasteiger partial charge in [0, 0.05) is 25.3 Å². The van der Waals surface area contributed by atoms with Gasteiger partial charge in [-0.15, -0.1) is 0 Å². The van der Waals surface area contributed by atoms with E-state index >= 15 is 0 Å². The quantitative estimate of drug-likeness (QED) is 0.861. The van der Waals surface area contributed by atoms with Crippen LogP contribution in [0.3, 0.4) is 0 Å². The first-order valence-electron chi connectivity index (χ1n) is 8.36. The number of rotatable bonds is 4. The van der Waals surface area contributed by atoms with Crippen LogP contribution in [0.4, 0.5) is 5.69 Å². The average molecular weight is 338 g/mol. The molecule has 0 saturated carbocycles. The number of benzene rings is 2. The Morgan fingerprint density at radius 2 is 1.72 bits per heavy atom. The maximum Gasteiger partial charge on any atom is 0.242 e. The van der Waals surface area contributed by atoms with Crippen LogP contribution in [-0.2, 0) is 9.59 Å². The summed E-state index contributed by atoms with van der Waals surface area (Å²) in [5.74, 6) is 0.258. The molecule has 0 fully saturated rings. The van der Waals surface area contributed by atoms with Crippen LogP contribution >= 0.6 is 0 Å². The van der Waals surface area contributed by atoms with E-state index in [-0.39, 0.29) is 24.3 Å². The van der Waals surface area contributed by atoms with Crippen molar-refractivity contribution in [2.24, 2.45) is 0 Å². The lowest BCUT2D eigenvalue weighted by Crippen LogP contribution is -2.43. The first-order valence-corrected chi connectivity index (χ1v) is 8.36. The number of fused-ring (bicyclic) bond motifs is 1. The van der Waals surface area contributed by atoms with Crippen molar-refractivity contribution in [1.29, 1.82) is 0 Å². The van der Waals surface area contributed by atoms with E-state index in [1.54, 1.807) is 19.0 Å². The lowest BCUT2D eigenvalue weighted by molar-refractivity contribution is -0.129. The predicted octanol–water partition coefficient (Wildman–Crippen LogP) is 2.67. The first kappa shape index (κ1) is 17.0. The van der Waals surface area contributed by atoms with Crippen molar-refractivity contribution < 1.29 is 14.3 Å². The van der Waals surface area contributed by atoms with Crippen molar-refractivity contribution >= 4 is 17.5 Å². The highest BCUT2D eigenvalue weighted by Gasteiger charge is 2.32. The van der Waals surface area contributed by atoms with E-state index in [0.717, 1.165) is 17.0 Å². The van der Waals surface area contributed by atoms with Gasteiger partial charge < -0.3 is 14.5 Å². The van der Waals surface area contributed by atoms with Gasteiger partial charge in [-0.1, -0.05) is 36.4 Å². The summed E-state index contributed by atoms with van der Waals surface area (Å²) >= 11 is 0. The normalized spacial score (nSPS) is 15.7. The molecule has 3 rings (SSSR count). The Bertz CT molecular complexity index is 759. The van der Waals surface area contributed by atoms with Gasteiger partial charge in [0.2, 0.25) is 11.8 Å². The summed E-state index contributed by atoms with van der Waals surface area (Å²) in [6.45, 7) is 0.521. The topological polar surface area (TPSA) is 49.9 Å². The van der Waals surface area contributed by atoms with E-state index in [2.05, 4.69) is 0 Å². The van der Waals surface area contributed by atoms with Crippen molar-refractivity contribution in [1.82, 2.24) is 4.90 Å². The minimum Gasteiger partial charge on any atom is -0.493 e. The zero-order valence-corrected chi connectivity index (χ0v) is 14.5. The van der Waals surface area contributed by atoms with Crippen molar-refractivity contribution in [3.63, 3.8) is 0 Å². The first-order chi connectivity index (χ1) is 12.1. The zero-order valence-electron chi connectivity index (χ0n) is 14.5. The molecule has 2 amide bonds. The number of nitrogens with zero attached hydrogens (tertiary/aromatic N) is 2. The highest BCUT2D eigenvalue weighted by atomic mass is 16.5. The molecule has 0 N–H and O–H groups in total. The number of carbonyl (C=O) groups excluding carboxylic acids is 2. The van der Waals surface area contributed by atoms with Gasteiger partial charge in [0.05, 0.1) is 12.5 Å². The fourth-order valence-electron chi connectivity index (χ4n) is 2.97. The van der Waals surface area contributed by atoms with E-state index < -0.39 is 0 Å². The molecule has 1 aliphatic heterocycles. The van der Waals surface area contributed by atoms with Crippen LogP contribution in [0.2, 0.25) is 0 Å². The summed E-state index contributed by atoms with van der Waals surface area (Å²) in [7, 11) is 3.39. The number of amides is 2. The van der Waals surface area contributed by atoms with Crippen LogP contribution in [0.5, 0.6) is 5.75 Å². The second-order valence-electron chi connectivity index (χ2n) is 6.28. The number of hydrogen-bond acceptors (Lipinski definition) is 3. The number of carbonyl (C=O) groups is 2. The van der Waals surface area contributed by atoms with Crippen LogP contribution in [-0.4, -0.2) is 44.0 Å². The second kappa shape index (κ2) is 7.38. The molecule has 1 aliphatic rings. The molecule has 25 heavy (non-hydrogen) atoms. The highest BCUT2D eigenvalue weighted by molar-refractivity contribution is 6.02. The Labute approximate surface area is 147 Å². The van der Waals surface area contributed by atoms with Gasteiger partial charge in [-0.2, -0.15) is 0 Å². The molecule has 0 unspecified atom stereocenters. The standard InChI is InChI=1S/C20H22N2O3/c1-21(2)19(23)14-22(15-8-4-3-5-9-15)20(24)17-12-13-25-18-11-7-6-10-16(17)18/h3-11,17H,12-14H2,1-2H3/t17-/m0/s1. The maximum atomic E-state index is 13.3. The molecule has 0 spiro atoms. The van der Waals surface area contributed by atoms with Crippen molar-refractivity contribution in [3.8, 4) is 5.75 Å². The predicted molar refractivity (Wildman–Crippen MR) is 96.8 cm³/mol. The maximum absolute atomic E-state index is 13.3. The van der Waals surface area contributed by atoms with Gasteiger partial charge in [-0.25, -0.2) is 0 Å². The lowest BCUT2D eigenvalue weighted by atomic mass is 9.91. The molecule has 5 nitrogen and oxygen atoms in total. The Morgan fingerprint density at radius 1 is 1.04 bits per heavy atom. The van der Waals surface area contributed by atoms with Crippen LogP contribution in [0.15, 0.2) is 54.6 Å². The average Bonchev–Trinajstić information content (AvgIpc) is 2.65. The molecule has 2 aromatic rings. The summed E-state index contributed by atoms with van der Waals surface area (Å²) < 4.78 is 5.66. The van der Waals surface area contributed by atoms with Gasteiger partial charge >= 0.3 is 0 Å². The number of ether oxygens (including phenoxy) is 1. The van der Waals surface area contributed by atoms with Crippen LogP contribution in [0.1, 0.15) is 17.9 Å². The third kappa shape index (κ3) is 3.65. The monoisotopic (exact) mass is 338 g/mol. The Balaban J connectivity index is 1.94. The molecule has 5 heteroatoms. The molecule has 0 radical (unpaired) electrons. The molecule has 130 valence electrons. The van der Waals surface area contributed by atoms with Crippen LogP contribution in [0, 0.1) is 0 Å². The molecule has 1 heterocycles. The minimum absolute atomic E-state index is 0.0232. The number of anilines is 1. The van der Waals surface area contributed by atoms with E-state index in [4.69, 9.17) is 4.74 Å². The fraction of sp³-hybridized carbons (Fsp3) is 0.300. The smallest absolute Gasteiger partial charge is 0.242 e. The van der Waals surface area contributed by atoms with Gasteiger partial charge in [-0.05, 0) is 24.6 Å². The van der Waals surface area contributed by atoms with Gasteiger partial charge in [0.1, 0.15) is 12.3 Å². The Morgan fingerprint density at radius 3 is 2.44 bits per heavy atom. The number of likely N-dealkylation sites (N-methyl/N-ethyl adjacent to an activating group) is 1. The summed E-state index contributed by atoms with van der Waals surface area (Å²) in [5, 5.41) is 0. The van der Waals surface area contributed by atoms with E-state index in [1.165, 1.54) is 4.90 Å². The van der Waals surface area contributed by atoms with Gasteiger partial charge in [0.25, 0.3) is 0 Å². The Kier molecular flexibility index (Phi) is 5.03. The second-order valence-corrected chi connectivity index (χ2v) is 6.28. The molecule has 0 saturated heterocycles. The van der Waals surface area contributed by atoms with E-state index in [9.17, 15) is 9.59 Å². The number of para-hydroxylation sites is 2. The van der Waals surface area contributed by atoms with Crippen molar-refractivity contribution in [3.05, 3.63) is 60.2 Å². The Hall–Kier alpha value is -2.82. The number of hydrogen-bond donors (Lipinski definition) is 0. The summed E-state index contributed by atoms with van der Waals surface area (Å²) in [6, 6.07) is 17.0. The van der Waals surface area contributed by atoms with E-state index in [1.807, 2.05) is 54.6 Å². The molecule has 0 aromatic heterocycles. The third-order valence-corrected chi connectivity index (χ3v) is 4.38. The molecule has 0 bridgehead atoms. The fourth-order valence-corrected chi connectivity index (χ4v) is 2.97. The molecule has 1 atom stereocenters. The molecule has 2 aromatic carbocycles. The largest absolute Gasteiger partial charge is 0.493 e. The summed E-state index contributed by atoms with van der Waals surface area (Å²) in [4.78, 5) is 28.7. The van der Waals surface area contributed by atoms with Crippen LogP contribution in [0.25, 0.3) is 0 Å². The van der Waals surface area contributed by atoms with Crippen LogP contribution < -0.4 is 9.64 Å². The highest BCUT2D eigenvalue weighted by Crippen LogP contribution is 2.35. The lowest BCUT2D eigenvalue weighted by Gasteiger charge is -2.31. The van der Waals surface area contributed by atoms with Gasteiger partial charge in [-0.3, -0.25) is 9.59 Å². The molecular formula is C20H22N2O3. The van der Waals surface area contributed by atoms with Crippen molar-refractivity contribution in [2.75, 3.05) is 32.1 Å². The third-order valence-electron chi connectivity index (χ3n) is 4.38. The summed E-state index contributed by atoms with van der Waals surface area (Å²) in [6.07, 6.45) is 0.606. The molecule has 0 aliphatic carbocycles. The minimum atomic E-state index is -0.305. The van der Waals surface area contributed by atoms with Crippen molar-refractivity contribution in [2.45, 2.75) is 12.3 Å². The summed E-state index contributed by atoms with van der Waals surface area (Å²) in [5.41, 5.74) is 1.61. The SMILES string of the molecule is CN(C)C(=O)CN(C(=O)[C@H]1CCOc2ccccc21)c1ccccc1.